The number of rotatable bonds is 5. The molecule has 0 aliphatic heterocycles. The Balaban J connectivity index is 2.77. The molecule has 5 nitrogen and oxygen atoms in total. The largest absolute Gasteiger partial charge is 0.464 e. The van der Waals surface area contributed by atoms with Gasteiger partial charge in [0.1, 0.15) is 0 Å². The van der Waals surface area contributed by atoms with Gasteiger partial charge in [0.05, 0.1) is 6.61 Å². The maximum absolute atomic E-state index is 11.6. The molecule has 0 saturated carbocycles. The fraction of sp³-hybridized carbons (Fsp3) is 0.333. The summed E-state index contributed by atoms with van der Waals surface area (Å²) in [5.41, 5.74) is 11.6. The maximum atomic E-state index is 11.6. The number of carbonyl (C=O) groups is 1. The van der Waals surface area contributed by atoms with E-state index < -0.39 is 12.0 Å². The minimum Gasteiger partial charge on any atom is -0.464 e. The standard InChI is InChI=1S/C12H17N3O2/c1-2-17-11(16)10(15-12(13)14)8-9-6-4-3-5-7-9/h3-7,10H,2,8H2,1H3,(H4,13,14,15)/t10-/m0/s1. The molecule has 0 spiro atoms. The molecule has 5 heteroatoms. The van der Waals surface area contributed by atoms with Crippen LogP contribution in [0.2, 0.25) is 0 Å². The zero-order valence-electron chi connectivity index (χ0n) is 9.80. The van der Waals surface area contributed by atoms with E-state index in [0.717, 1.165) is 5.56 Å². The molecule has 0 radical (unpaired) electrons. The second-order valence-corrected chi connectivity index (χ2v) is 3.51. The molecule has 1 aromatic carbocycles. The van der Waals surface area contributed by atoms with Crippen LogP contribution in [0, 0.1) is 0 Å². The number of hydrogen-bond acceptors (Lipinski definition) is 3. The van der Waals surface area contributed by atoms with E-state index in [1.807, 2.05) is 30.3 Å². The highest BCUT2D eigenvalue weighted by Crippen LogP contribution is 2.07. The minimum absolute atomic E-state index is 0.112. The number of esters is 1. The molecule has 0 amide bonds. The van der Waals surface area contributed by atoms with Gasteiger partial charge in [-0.2, -0.15) is 0 Å². The summed E-state index contributed by atoms with van der Waals surface area (Å²) < 4.78 is 4.92. The minimum atomic E-state index is -0.678. The summed E-state index contributed by atoms with van der Waals surface area (Å²) in [5.74, 6) is -0.524. The van der Waals surface area contributed by atoms with Crippen LogP contribution >= 0.6 is 0 Å². The second-order valence-electron chi connectivity index (χ2n) is 3.51. The van der Waals surface area contributed by atoms with E-state index in [1.165, 1.54) is 0 Å². The summed E-state index contributed by atoms with van der Waals surface area (Å²) in [7, 11) is 0. The highest BCUT2D eigenvalue weighted by molar-refractivity contribution is 5.82. The van der Waals surface area contributed by atoms with Gasteiger partial charge in [0.25, 0.3) is 0 Å². The SMILES string of the molecule is CCOC(=O)[C@H](Cc1ccccc1)N=C(N)N. The molecule has 1 rings (SSSR count). The quantitative estimate of drug-likeness (QED) is 0.440. The van der Waals surface area contributed by atoms with Crippen LogP contribution in [0.1, 0.15) is 12.5 Å². The molecule has 92 valence electrons. The average molecular weight is 235 g/mol. The molecule has 0 aliphatic rings. The highest BCUT2D eigenvalue weighted by atomic mass is 16.5. The lowest BCUT2D eigenvalue weighted by Gasteiger charge is -2.11. The Morgan fingerprint density at radius 2 is 2.00 bits per heavy atom. The number of aliphatic imine (C=N–C) groups is 1. The molecule has 0 aliphatic carbocycles. The van der Waals surface area contributed by atoms with Gasteiger partial charge in [0.2, 0.25) is 0 Å². The molecule has 0 heterocycles. The first-order valence-corrected chi connectivity index (χ1v) is 5.42. The first kappa shape index (κ1) is 13.0. The van der Waals surface area contributed by atoms with E-state index in [1.54, 1.807) is 6.92 Å². The van der Waals surface area contributed by atoms with Gasteiger partial charge >= 0.3 is 5.97 Å². The monoisotopic (exact) mass is 235 g/mol. The molecule has 1 atom stereocenters. The van der Waals surface area contributed by atoms with Crippen LogP contribution in [0.4, 0.5) is 0 Å². The van der Waals surface area contributed by atoms with Gasteiger partial charge in [-0.3, -0.25) is 0 Å². The summed E-state index contributed by atoms with van der Waals surface area (Å²) in [6.07, 6.45) is 0.428. The normalized spacial score (nSPS) is 11.6. The van der Waals surface area contributed by atoms with Crippen LogP contribution in [-0.4, -0.2) is 24.6 Å². The van der Waals surface area contributed by atoms with E-state index >= 15 is 0 Å². The first-order valence-electron chi connectivity index (χ1n) is 5.42. The van der Waals surface area contributed by atoms with Crippen molar-refractivity contribution < 1.29 is 9.53 Å². The van der Waals surface area contributed by atoms with Crippen molar-refractivity contribution in [2.45, 2.75) is 19.4 Å². The number of benzene rings is 1. The Morgan fingerprint density at radius 3 is 2.53 bits per heavy atom. The van der Waals surface area contributed by atoms with E-state index in [4.69, 9.17) is 16.2 Å². The summed E-state index contributed by atoms with van der Waals surface area (Å²) >= 11 is 0. The summed E-state index contributed by atoms with van der Waals surface area (Å²) in [6.45, 7) is 2.05. The highest BCUT2D eigenvalue weighted by Gasteiger charge is 2.19. The van der Waals surface area contributed by atoms with Crippen molar-refractivity contribution in [3.8, 4) is 0 Å². The molecule has 0 bridgehead atoms. The lowest BCUT2D eigenvalue weighted by atomic mass is 10.1. The Labute approximate surface area is 100 Å². The fourth-order valence-corrected chi connectivity index (χ4v) is 1.44. The summed E-state index contributed by atoms with van der Waals surface area (Å²) in [6, 6.07) is 8.84. The van der Waals surface area contributed by atoms with E-state index in [-0.39, 0.29) is 5.96 Å². The predicted molar refractivity (Wildman–Crippen MR) is 66.4 cm³/mol. The number of nitrogens with two attached hydrogens (primary N) is 2. The lowest BCUT2D eigenvalue weighted by molar-refractivity contribution is -0.144. The van der Waals surface area contributed by atoms with Gasteiger partial charge in [-0.1, -0.05) is 30.3 Å². The second kappa shape index (κ2) is 6.52. The van der Waals surface area contributed by atoms with Crippen molar-refractivity contribution in [3.05, 3.63) is 35.9 Å². The van der Waals surface area contributed by atoms with Gasteiger partial charge < -0.3 is 16.2 Å². The van der Waals surface area contributed by atoms with Gasteiger partial charge in [-0.05, 0) is 12.5 Å². The molecule has 0 aromatic heterocycles. The predicted octanol–water partition coefficient (Wildman–Crippen LogP) is 0.434. The molecule has 0 saturated heterocycles. The van der Waals surface area contributed by atoms with Crippen LogP contribution in [0.15, 0.2) is 35.3 Å². The summed E-state index contributed by atoms with van der Waals surface area (Å²) in [4.78, 5) is 15.5. The smallest absolute Gasteiger partial charge is 0.331 e. The number of guanidine groups is 1. The third-order valence-electron chi connectivity index (χ3n) is 2.14. The average Bonchev–Trinajstić information content (AvgIpc) is 2.29. The lowest BCUT2D eigenvalue weighted by Crippen LogP contribution is -2.31. The Bertz CT molecular complexity index is 386. The molecular weight excluding hydrogens is 218 g/mol. The number of nitrogens with zero attached hydrogens (tertiary/aromatic N) is 1. The van der Waals surface area contributed by atoms with Crippen molar-refractivity contribution in [2.24, 2.45) is 16.5 Å². The fourth-order valence-electron chi connectivity index (χ4n) is 1.44. The van der Waals surface area contributed by atoms with Crippen molar-refractivity contribution in [3.63, 3.8) is 0 Å². The number of ether oxygens (including phenoxy) is 1. The number of hydrogen-bond donors (Lipinski definition) is 2. The Morgan fingerprint density at radius 1 is 1.35 bits per heavy atom. The molecule has 0 unspecified atom stereocenters. The van der Waals surface area contributed by atoms with Crippen molar-refractivity contribution in [1.29, 1.82) is 0 Å². The summed E-state index contributed by atoms with van der Waals surface area (Å²) in [5, 5.41) is 0. The van der Waals surface area contributed by atoms with E-state index in [9.17, 15) is 4.79 Å². The van der Waals surface area contributed by atoms with Gasteiger partial charge in [-0.15, -0.1) is 0 Å². The van der Waals surface area contributed by atoms with Crippen molar-refractivity contribution >= 4 is 11.9 Å². The van der Waals surface area contributed by atoms with Crippen molar-refractivity contribution in [1.82, 2.24) is 0 Å². The Kier molecular flexibility index (Phi) is 5.00. The van der Waals surface area contributed by atoms with Crippen LogP contribution in [0.25, 0.3) is 0 Å². The third kappa shape index (κ3) is 4.55. The van der Waals surface area contributed by atoms with Crippen LogP contribution in [-0.2, 0) is 16.0 Å². The maximum Gasteiger partial charge on any atom is 0.331 e. The number of carbonyl (C=O) groups excluding carboxylic acids is 1. The molecule has 0 fully saturated rings. The first-order chi connectivity index (χ1) is 8.13. The molecular formula is C12H17N3O2. The van der Waals surface area contributed by atoms with Crippen LogP contribution in [0.5, 0.6) is 0 Å². The van der Waals surface area contributed by atoms with Crippen molar-refractivity contribution in [2.75, 3.05) is 6.61 Å². The van der Waals surface area contributed by atoms with Gasteiger partial charge in [0.15, 0.2) is 12.0 Å². The van der Waals surface area contributed by atoms with E-state index in [2.05, 4.69) is 4.99 Å². The van der Waals surface area contributed by atoms with E-state index in [0.29, 0.717) is 13.0 Å². The van der Waals surface area contributed by atoms with Gasteiger partial charge in [-0.25, -0.2) is 9.79 Å². The topological polar surface area (TPSA) is 90.7 Å². The van der Waals surface area contributed by atoms with Gasteiger partial charge in [0, 0.05) is 6.42 Å². The molecule has 1 aromatic rings. The van der Waals surface area contributed by atoms with Crippen LogP contribution < -0.4 is 11.5 Å². The zero-order chi connectivity index (χ0) is 12.7. The molecule has 4 N–H and O–H groups in total. The Hall–Kier alpha value is -2.04. The zero-order valence-corrected chi connectivity index (χ0v) is 9.80. The third-order valence-corrected chi connectivity index (χ3v) is 2.14. The van der Waals surface area contributed by atoms with Crippen LogP contribution in [0.3, 0.4) is 0 Å². The molecule has 17 heavy (non-hydrogen) atoms.